The van der Waals surface area contributed by atoms with Crippen LogP contribution >= 0.6 is 34.0 Å². The van der Waals surface area contributed by atoms with E-state index in [0.29, 0.717) is 18.5 Å². The predicted octanol–water partition coefficient (Wildman–Crippen LogP) is 10.8. The first-order chi connectivity index (χ1) is 50.0. The average molecular weight is 1500 g/mol. The lowest BCUT2D eigenvalue weighted by molar-refractivity contribution is -0.144. The number of hydrogen-bond acceptors (Lipinski definition) is 18. The Balaban J connectivity index is 0.000000184. The average Bonchev–Trinajstić information content (AvgIpc) is 1.63. The van der Waals surface area contributed by atoms with Crippen LogP contribution in [0.25, 0.3) is 31.3 Å². The van der Waals surface area contributed by atoms with Gasteiger partial charge in [-0.15, -0.1) is 34.0 Å². The third-order valence-electron chi connectivity index (χ3n) is 20.1. The zero-order chi connectivity index (χ0) is 77.4. The van der Waals surface area contributed by atoms with Crippen LogP contribution in [0.15, 0.2) is 114 Å². The molecule has 566 valence electrons. The molecule has 3 fully saturated rings. The summed E-state index contributed by atoms with van der Waals surface area (Å²) < 4.78 is 0. The van der Waals surface area contributed by atoms with Crippen molar-refractivity contribution in [1.82, 2.24) is 50.5 Å². The van der Waals surface area contributed by atoms with Gasteiger partial charge in [0.15, 0.2) is 11.6 Å². The lowest BCUT2D eigenvalue weighted by Gasteiger charge is -2.35. The molecule has 0 bridgehead atoms. The summed E-state index contributed by atoms with van der Waals surface area (Å²) in [5.41, 5.74) is 15.2. The molecule has 4 aliphatic heterocycles. The van der Waals surface area contributed by atoms with Crippen LogP contribution in [0.2, 0.25) is 0 Å². The molecule has 0 aliphatic carbocycles. The van der Waals surface area contributed by atoms with E-state index in [0.717, 1.165) is 70.7 Å². The Morgan fingerprint density at radius 3 is 1.35 bits per heavy atom. The summed E-state index contributed by atoms with van der Waals surface area (Å²) in [6.45, 7) is 28.2. The van der Waals surface area contributed by atoms with Gasteiger partial charge in [0.2, 0.25) is 35.4 Å². The third kappa shape index (κ3) is 19.7. The summed E-state index contributed by atoms with van der Waals surface area (Å²) >= 11 is 4.79. The van der Waals surface area contributed by atoms with Crippen LogP contribution in [-0.2, 0) is 51.3 Å². The Bertz CT molecular complexity index is 4120. The van der Waals surface area contributed by atoms with Crippen LogP contribution in [0.3, 0.4) is 0 Å². The van der Waals surface area contributed by atoms with Crippen molar-refractivity contribution < 1.29 is 58.5 Å². The van der Waals surface area contributed by atoms with Crippen molar-refractivity contribution in [3.05, 3.63) is 158 Å². The number of amides is 7. The van der Waals surface area contributed by atoms with Crippen molar-refractivity contribution in [2.24, 2.45) is 16.7 Å². The van der Waals surface area contributed by atoms with E-state index in [2.05, 4.69) is 30.9 Å². The minimum Gasteiger partial charge on any atom is -0.391 e. The Hall–Kier alpha value is -8.72. The predicted molar refractivity (Wildman–Crippen MR) is 412 cm³/mol. The minimum absolute atomic E-state index is 0.0347. The van der Waals surface area contributed by atoms with Gasteiger partial charge in [-0.1, -0.05) is 153 Å². The summed E-state index contributed by atoms with van der Waals surface area (Å²) in [7, 11) is 0. The summed E-state index contributed by atoms with van der Waals surface area (Å²) in [4.78, 5) is 139. The molecular weight excluding hydrogens is 1400 g/mol. The fraction of sp³-hybridized carbons (Fsp3) is 0.481. The number of Topliss-reactive ketones (excluding diaryl/α,β-unsaturated/α-hetero) is 2. The number of nitrogens with one attached hydrogen (secondary N) is 3. The molecule has 106 heavy (non-hydrogen) atoms. The van der Waals surface area contributed by atoms with Crippen molar-refractivity contribution in [2.45, 2.75) is 215 Å². The molecule has 0 radical (unpaired) electrons. The van der Waals surface area contributed by atoms with Gasteiger partial charge in [0, 0.05) is 77.7 Å². The molecule has 25 heteroatoms. The molecule has 4 aromatic carbocycles. The number of rotatable bonds is 21. The number of hydrogen-bond donors (Lipinski definition) is 6. The molecule has 4 aliphatic rings. The van der Waals surface area contributed by atoms with Crippen LogP contribution in [-0.4, -0.2) is 177 Å². The zero-order valence-electron chi connectivity index (χ0n) is 63.3. The molecule has 11 rings (SSSR count). The van der Waals surface area contributed by atoms with Crippen molar-refractivity contribution in [3.63, 3.8) is 0 Å². The maximum Gasteiger partial charge on any atom is 0.255 e. The molecule has 0 unspecified atom stereocenters. The lowest BCUT2D eigenvalue weighted by atomic mass is 9.85. The molecule has 3 saturated heterocycles. The molecule has 7 aromatic rings. The highest BCUT2D eigenvalue weighted by Gasteiger charge is 2.48. The number of aliphatic hydroxyl groups is 3. The van der Waals surface area contributed by atoms with Crippen LogP contribution in [0.4, 0.5) is 0 Å². The first-order valence-corrected chi connectivity index (χ1v) is 38.9. The second-order valence-electron chi connectivity index (χ2n) is 31.0. The summed E-state index contributed by atoms with van der Waals surface area (Å²) in [6.07, 6.45) is -0.600. The number of carbonyl (C=O) groups excluding carboxylic acids is 9. The lowest BCUT2D eigenvalue weighted by Crippen LogP contribution is -2.57. The zero-order valence-corrected chi connectivity index (χ0v) is 65.8. The van der Waals surface area contributed by atoms with E-state index in [1.54, 1.807) is 45.0 Å². The quantitative estimate of drug-likeness (QED) is 0.0390. The highest BCUT2D eigenvalue weighted by molar-refractivity contribution is 7.14. The minimum atomic E-state index is -0.803. The topological polar surface area (TPSA) is 302 Å². The van der Waals surface area contributed by atoms with E-state index in [9.17, 15) is 58.5 Å². The Kier molecular flexibility index (Phi) is 26.8. The monoisotopic (exact) mass is 1500 g/mol. The second-order valence-corrected chi connectivity index (χ2v) is 33.5. The summed E-state index contributed by atoms with van der Waals surface area (Å²) in [6, 6.07) is 27.0. The standard InChI is InChI=1S/C30H33N3O4S.C26H35N3O4S.C25H34N4O4S/c1-18(2)27(33-15-22-6-4-5-7-24(22)29(33)36)30(37)32-16-23(34)14-25(32)26(35)13-10-20-8-11-21(12-9-20)28-19(3)31-17-38-28;1-15(18-7-9-19(10-8-18)23-16(2)27-14-34-23)11-22(32)21-12-20(31)13-29(21)25(33)24(26(4,5)6)28-17(3)30;1-14(17-7-9-18(10-8-17)21-15(2)26-13-34-21)27-23(32)20-11-19(31)12-29(20)24(33)22(25(4,5)6)28-16(3)30/h4-9,11-12,17-18,23,25,27,34H,10,13-16H2,1-3H3;7-10,14-15,20-21,24,31H,11-13H2,1-6H3,(H,28,30);7-10,13-14,19-20,22,31H,11-12H2,1-6H3,(H,27,32)(H,28,30)/t23-,25+,27+;15-,20-,21+,24-;14-,19+,20-,22+/m110/s1. The molecular formula is C81H102N10O12S3. The largest absolute Gasteiger partial charge is 0.391 e. The number of aliphatic hydroxyl groups excluding tert-OH is 3. The van der Waals surface area contributed by atoms with E-state index < -0.39 is 65.4 Å². The van der Waals surface area contributed by atoms with Crippen LogP contribution in [0, 0.1) is 37.5 Å². The van der Waals surface area contributed by atoms with Crippen LogP contribution < -0.4 is 16.0 Å². The van der Waals surface area contributed by atoms with E-state index >= 15 is 0 Å². The van der Waals surface area contributed by atoms with Gasteiger partial charge >= 0.3 is 0 Å². The van der Waals surface area contributed by atoms with Gasteiger partial charge in [0.25, 0.3) is 5.91 Å². The number of likely N-dealkylation sites (tertiary alicyclic amines) is 3. The maximum atomic E-state index is 13.8. The summed E-state index contributed by atoms with van der Waals surface area (Å²) in [5.74, 6) is -2.37. The van der Waals surface area contributed by atoms with Gasteiger partial charge in [-0.25, -0.2) is 15.0 Å². The van der Waals surface area contributed by atoms with E-state index in [1.165, 1.54) is 28.5 Å². The Labute approximate surface area is 633 Å². The van der Waals surface area contributed by atoms with E-state index in [4.69, 9.17) is 0 Å². The number of carbonyl (C=O) groups is 9. The Morgan fingerprint density at radius 2 is 0.934 bits per heavy atom. The molecule has 0 spiro atoms. The molecule has 0 saturated carbocycles. The van der Waals surface area contributed by atoms with E-state index in [-0.39, 0.29) is 123 Å². The normalized spacial score (nSPS) is 20.0. The van der Waals surface area contributed by atoms with Crippen molar-refractivity contribution >= 4 is 86.9 Å². The molecule has 11 atom stereocenters. The fourth-order valence-corrected chi connectivity index (χ4v) is 16.8. The number of thiazole rings is 3. The van der Waals surface area contributed by atoms with Gasteiger partial charge < -0.3 is 50.9 Å². The number of nitrogens with zero attached hydrogens (tertiary/aromatic N) is 7. The molecule has 3 aromatic heterocycles. The first-order valence-electron chi connectivity index (χ1n) is 36.3. The SMILES string of the molecule is CC(=O)N[C@H](C(=O)N1C[C@H](O)C[C@H]1C(=O)C[C@@H](C)c1ccc(-c2scnc2C)cc1)C(C)(C)C.CC(=O)N[C@H](C(=O)N1C[C@H](O)C[C@H]1C(=O)N[C@@H](C)c1ccc(-c2scnc2C)cc1)C(C)(C)C.Cc1ncsc1-c1ccc(CCC(=O)[C@@H]2C[C@@H](O)CN2C(=O)[C@H](C(C)C)N2Cc3ccccc3C2=O)cc1. The van der Waals surface area contributed by atoms with Gasteiger partial charge in [-0.05, 0) is 102 Å². The molecule has 22 nitrogen and oxygen atoms in total. The highest BCUT2D eigenvalue weighted by Crippen LogP contribution is 2.36. The van der Waals surface area contributed by atoms with Gasteiger partial charge in [0.1, 0.15) is 24.2 Å². The number of benzene rings is 4. The van der Waals surface area contributed by atoms with Gasteiger partial charge in [0.05, 0.1) is 84.7 Å². The smallest absolute Gasteiger partial charge is 0.255 e. The van der Waals surface area contributed by atoms with Crippen molar-refractivity contribution in [1.29, 1.82) is 0 Å². The molecule has 6 N–H and O–H groups in total. The fourth-order valence-electron chi connectivity index (χ4n) is 14.3. The third-order valence-corrected chi connectivity index (χ3v) is 23.0. The highest BCUT2D eigenvalue weighted by atomic mass is 32.1. The number of aryl methyl sites for hydroxylation is 4. The Morgan fingerprint density at radius 1 is 0.528 bits per heavy atom. The van der Waals surface area contributed by atoms with Gasteiger partial charge in [-0.2, -0.15) is 0 Å². The number of ketones is 2. The number of β-amino-alcohol motifs (C(OH)–C–C–N with tert-alkyl or cyclic N) is 3. The van der Waals surface area contributed by atoms with Crippen LogP contribution in [0.1, 0.15) is 177 Å². The summed E-state index contributed by atoms with van der Waals surface area (Å²) in [5, 5.41) is 39.4. The second kappa shape index (κ2) is 34.9. The van der Waals surface area contributed by atoms with Crippen LogP contribution in [0.5, 0.6) is 0 Å². The van der Waals surface area contributed by atoms with Crippen molar-refractivity contribution in [2.75, 3.05) is 19.6 Å². The number of aromatic nitrogens is 3. The number of fused-ring (bicyclic) bond motifs is 1. The van der Waals surface area contributed by atoms with E-state index in [1.807, 2.05) is 198 Å². The van der Waals surface area contributed by atoms with Gasteiger partial charge in [-0.3, -0.25) is 43.2 Å². The first kappa shape index (κ1) is 81.4. The maximum absolute atomic E-state index is 13.8. The molecule has 7 amide bonds. The van der Waals surface area contributed by atoms with Crippen molar-refractivity contribution in [3.8, 4) is 31.3 Å². The molecule has 7 heterocycles.